The number of rotatable bonds is 2. The molecule has 72 valence electrons. The molecule has 0 unspecified atom stereocenters. The highest BCUT2D eigenvalue weighted by Crippen LogP contribution is 2.33. The van der Waals surface area contributed by atoms with Crippen LogP contribution in [0.5, 0.6) is 0 Å². The molecule has 0 saturated carbocycles. The summed E-state index contributed by atoms with van der Waals surface area (Å²) in [4.78, 5) is 11.1. The number of nitrogens with two attached hydrogens (primary N) is 1. The van der Waals surface area contributed by atoms with Crippen LogP contribution in [0.1, 0.15) is 13.3 Å². The molecule has 0 aliphatic rings. The molecule has 0 heterocycles. The van der Waals surface area contributed by atoms with Gasteiger partial charge in [-0.2, -0.15) is 5.26 Å². The molecule has 0 aromatic rings. The van der Waals surface area contributed by atoms with Gasteiger partial charge < -0.3 is 5.73 Å². The van der Waals surface area contributed by atoms with Crippen LogP contribution < -0.4 is 5.73 Å². The molecule has 0 atom stereocenters. The van der Waals surface area contributed by atoms with Crippen molar-refractivity contribution in [2.45, 2.75) is 17.1 Å². The first-order valence-electron chi connectivity index (χ1n) is 3.34. The summed E-state index contributed by atoms with van der Waals surface area (Å²) in [7, 11) is 0. The van der Waals surface area contributed by atoms with E-state index in [1.54, 1.807) is 13.0 Å². The summed E-state index contributed by atoms with van der Waals surface area (Å²) in [5, 5.41) is 8.58. The van der Waals surface area contributed by atoms with Crippen LogP contribution in [0.4, 0.5) is 0 Å². The van der Waals surface area contributed by atoms with Crippen molar-refractivity contribution >= 4 is 40.6 Å². The summed E-state index contributed by atoms with van der Waals surface area (Å²) in [5.74, 6) is -0.439. The number of carbonyl (C=O) groups is 1. The quantitative estimate of drug-likeness (QED) is 0.457. The Morgan fingerprint density at radius 2 is 2.00 bits per heavy atom. The zero-order valence-electron chi connectivity index (χ0n) is 6.77. The van der Waals surface area contributed by atoms with Gasteiger partial charge in [-0.25, -0.2) is 0 Å². The Kier molecular flexibility index (Phi) is 4.55. The molecule has 0 spiro atoms. The van der Waals surface area contributed by atoms with E-state index in [9.17, 15) is 4.79 Å². The van der Waals surface area contributed by atoms with Crippen molar-refractivity contribution in [2.75, 3.05) is 0 Å². The van der Waals surface area contributed by atoms with E-state index in [4.69, 9.17) is 45.8 Å². The number of allylic oxidation sites excluding steroid dienone is 2. The Morgan fingerprint density at radius 1 is 1.54 bits per heavy atom. The van der Waals surface area contributed by atoms with Crippen molar-refractivity contribution < 1.29 is 4.79 Å². The van der Waals surface area contributed by atoms with E-state index in [0.717, 1.165) is 0 Å². The first kappa shape index (κ1) is 12.6. The standard InChI is InChI=1S/C7H7Cl3N2O/c1-2-5(13)4(3-11)6(12)7(8,9)10/h2,12H2,1H3/b6-4-. The van der Waals surface area contributed by atoms with E-state index in [0.29, 0.717) is 0 Å². The third kappa shape index (κ3) is 3.43. The van der Waals surface area contributed by atoms with Crippen LogP contribution in [-0.4, -0.2) is 9.58 Å². The monoisotopic (exact) mass is 240 g/mol. The number of halogens is 3. The molecule has 0 aliphatic heterocycles. The molecule has 0 radical (unpaired) electrons. The summed E-state index contributed by atoms with van der Waals surface area (Å²) < 4.78 is -1.91. The fourth-order valence-corrected chi connectivity index (χ4v) is 0.875. The highest BCUT2D eigenvalue weighted by molar-refractivity contribution is 6.69. The predicted octanol–water partition coefficient (Wildman–Crippen LogP) is 2.07. The van der Waals surface area contributed by atoms with Crippen molar-refractivity contribution in [3.8, 4) is 6.07 Å². The molecule has 6 heteroatoms. The van der Waals surface area contributed by atoms with Gasteiger partial charge in [-0.1, -0.05) is 41.7 Å². The van der Waals surface area contributed by atoms with Gasteiger partial charge in [0.25, 0.3) is 0 Å². The Bertz CT molecular complexity index is 285. The lowest BCUT2D eigenvalue weighted by molar-refractivity contribution is -0.114. The SMILES string of the molecule is CCC(=O)/C(C#N)=C(\N)C(Cl)(Cl)Cl. The zero-order chi connectivity index (χ0) is 10.6. The van der Waals surface area contributed by atoms with Crippen molar-refractivity contribution in [1.29, 1.82) is 5.26 Å². The lowest BCUT2D eigenvalue weighted by atomic mass is 10.1. The minimum Gasteiger partial charge on any atom is -0.397 e. The number of Topliss-reactive ketones (excluding diaryl/α,β-unsaturated/α-hetero) is 1. The van der Waals surface area contributed by atoms with Crippen LogP contribution in [-0.2, 0) is 4.79 Å². The van der Waals surface area contributed by atoms with Gasteiger partial charge in [-0.05, 0) is 0 Å². The number of carbonyl (C=O) groups excluding carboxylic acids is 1. The molecule has 2 N–H and O–H groups in total. The van der Waals surface area contributed by atoms with Crippen molar-refractivity contribution in [3.05, 3.63) is 11.3 Å². The highest BCUT2D eigenvalue weighted by Gasteiger charge is 2.28. The van der Waals surface area contributed by atoms with Gasteiger partial charge in [0, 0.05) is 6.42 Å². The van der Waals surface area contributed by atoms with Gasteiger partial charge in [-0.15, -0.1) is 0 Å². The molecule has 0 saturated heterocycles. The maximum Gasteiger partial charge on any atom is 0.231 e. The molecule has 0 aromatic heterocycles. The number of nitriles is 1. The Morgan fingerprint density at radius 3 is 2.23 bits per heavy atom. The minimum absolute atomic E-state index is 0.143. The maximum absolute atomic E-state index is 11.1. The molecule has 0 bridgehead atoms. The maximum atomic E-state index is 11.1. The van der Waals surface area contributed by atoms with Gasteiger partial charge in [-0.3, -0.25) is 4.79 Å². The number of alkyl halides is 3. The van der Waals surface area contributed by atoms with E-state index in [1.807, 2.05) is 0 Å². The molecule has 0 aromatic carbocycles. The summed E-state index contributed by atoms with van der Waals surface area (Å²) in [6.45, 7) is 1.59. The molecule has 0 aliphatic carbocycles. The minimum atomic E-state index is -1.91. The van der Waals surface area contributed by atoms with Gasteiger partial charge >= 0.3 is 0 Å². The fraction of sp³-hybridized carbons (Fsp3) is 0.429. The topological polar surface area (TPSA) is 66.9 Å². The molecular formula is C7H7Cl3N2O. The van der Waals surface area contributed by atoms with Crippen LogP contribution in [0.15, 0.2) is 11.3 Å². The van der Waals surface area contributed by atoms with Crippen LogP contribution in [0.2, 0.25) is 0 Å². The van der Waals surface area contributed by atoms with Gasteiger partial charge in [0.2, 0.25) is 3.79 Å². The third-order valence-corrected chi connectivity index (χ3v) is 1.90. The lowest BCUT2D eigenvalue weighted by Crippen LogP contribution is -2.21. The van der Waals surface area contributed by atoms with Crippen molar-refractivity contribution in [1.82, 2.24) is 0 Å². The molecule has 0 amide bonds. The summed E-state index contributed by atoms with van der Waals surface area (Å²) in [5.41, 5.74) is 4.71. The second-order valence-electron chi connectivity index (χ2n) is 2.17. The highest BCUT2D eigenvalue weighted by atomic mass is 35.6. The molecule has 3 nitrogen and oxygen atoms in total. The first-order valence-corrected chi connectivity index (χ1v) is 4.48. The molecule has 0 fully saturated rings. The first-order chi connectivity index (χ1) is 5.84. The summed E-state index contributed by atoms with van der Waals surface area (Å²) in [6.07, 6.45) is 0.143. The smallest absolute Gasteiger partial charge is 0.231 e. The van der Waals surface area contributed by atoms with E-state index >= 15 is 0 Å². The average molecular weight is 242 g/mol. The molecular weight excluding hydrogens is 234 g/mol. The van der Waals surface area contributed by atoms with Crippen LogP contribution in [0.3, 0.4) is 0 Å². The van der Waals surface area contributed by atoms with Crippen LogP contribution >= 0.6 is 34.8 Å². The molecule has 0 rings (SSSR count). The van der Waals surface area contributed by atoms with Gasteiger partial charge in [0.05, 0.1) is 5.70 Å². The van der Waals surface area contributed by atoms with E-state index in [1.165, 1.54) is 0 Å². The van der Waals surface area contributed by atoms with E-state index in [-0.39, 0.29) is 17.7 Å². The number of hydrogen-bond acceptors (Lipinski definition) is 3. The lowest BCUT2D eigenvalue weighted by Gasteiger charge is -2.12. The Balaban J connectivity index is 5.18. The second-order valence-corrected chi connectivity index (χ2v) is 4.46. The third-order valence-electron chi connectivity index (χ3n) is 1.29. The zero-order valence-corrected chi connectivity index (χ0v) is 9.04. The number of ketones is 1. The van der Waals surface area contributed by atoms with Crippen molar-refractivity contribution in [2.24, 2.45) is 5.73 Å². The van der Waals surface area contributed by atoms with E-state index in [2.05, 4.69) is 0 Å². The van der Waals surface area contributed by atoms with Gasteiger partial charge in [0.1, 0.15) is 11.6 Å². The van der Waals surface area contributed by atoms with E-state index < -0.39 is 9.58 Å². The Labute approximate surface area is 91.0 Å². The summed E-state index contributed by atoms with van der Waals surface area (Å²) in [6, 6.07) is 1.61. The molecule has 13 heavy (non-hydrogen) atoms. The number of nitrogens with zero attached hydrogens (tertiary/aromatic N) is 1. The van der Waals surface area contributed by atoms with Crippen LogP contribution in [0.25, 0.3) is 0 Å². The van der Waals surface area contributed by atoms with Crippen LogP contribution in [0, 0.1) is 11.3 Å². The number of hydrogen-bond donors (Lipinski definition) is 1. The van der Waals surface area contributed by atoms with Gasteiger partial charge in [0.15, 0.2) is 5.78 Å². The second kappa shape index (κ2) is 4.71. The summed E-state index contributed by atoms with van der Waals surface area (Å²) >= 11 is 16.2. The predicted molar refractivity (Wildman–Crippen MR) is 52.4 cm³/mol. The average Bonchev–Trinajstić information content (AvgIpc) is 2.03. The largest absolute Gasteiger partial charge is 0.397 e. The Hall–Kier alpha value is -0.430. The normalized spacial score (nSPS) is 13.2. The fourth-order valence-electron chi connectivity index (χ4n) is 0.591. The van der Waals surface area contributed by atoms with Crippen molar-refractivity contribution in [3.63, 3.8) is 0 Å².